The van der Waals surface area contributed by atoms with E-state index in [1.54, 1.807) is 18.6 Å². The Hall–Kier alpha value is -3.40. The third-order valence-electron chi connectivity index (χ3n) is 5.03. The van der Waals surface area contributed by atoms with Gasteiger partial charge >= 0.3 is 6.18 Å². The third kappa shape index (κ3) is 3.74. The van der Waals surface area contributed by atoms with Crippen LogP contribution in [-0.2, 0) is 12.7 Å². The molecule has 1 N–H and O–H groups in total. The van der Waals surface area contributed by atoms with Gasteiger partial charge in [-0.25, -0.2) is 4.98 Å². The minimum atomic E-state index is -4.61. The van der Waals surface area contributed by atoms with Gasteiger partial charge in [0.15, 0.2) is 5.69 Å². The molecular weight excluding hydrogens is 433 g/mol. The maximum Gasteiger partial charge on any atom is 0.437 e. The summed E-state index contributed by atoms with van der Waals surface area (Å²) in [6.45, 7) is 1.16. The van der Waals surface area contributed by atoms with Gasteiger partial charge in [-0.05, 0) is 24.3 Å². The van der Waals surface area contributed by atoms with Gasteiger partial charge in [-0.1, -0.05) is 17.7 Å². The van der Waals surface area contributed by atoms with E-state index >= 15 is 0 Å². The number of hydrogen-bond donors (Lipinski definition) is 1. The molecule has 0 aliphatic carbocycles. The fraction of sp³-hybridized carbons (Fsp3) is 0.200. The summed E-state index contributed by atoms with van der Waals surface area (Å²) in [7, 11) is 0. The molecule has 0 amide bonds. The number of fused-ring (bicyclic) bond motifs is 1. The molecule has 158 valence electrons. The first-order valence-corrected chi connectivity index (χ1v) is 9.65. The van der Waals surface area contributed by atoms with Gasteiger partial charge in [0.05, 0.1) is 18.6 Å². The lowest BCUT2D eigenvalue weighted by atomic mass is 10.0. The molecule has 1 aliphatic rings. The monoisotopic (exact) mass is 446 g/mol. The van der Waals surface area contributed by atoms with Crippen LogP contribution < -0.4 is 4.74 Å². The molecule has 3 aromatic heterocycles. The molecule has 0 saturated carbocycles. The summed E-state index contributed by atoms with van der Waals surface area (Å²) in [5, 5.41) is 9.55. The highest BCUT2D eigenvalue weighted by atomic mass is 35.5. The topological polar surface area (TPSA) is 81.5 Å². The number of imidazole rings is 1. The summed E-state index contributed by atoms with van der Waals surface area (Å²) in [6.07, 6.45) is 0.267. The minimum absolute atomic E-state index is 0.137. The molecule has 4 heterocycles. The Morgan fingerprint density at radius 2 is 2.00 bits per heavy atom. The quantitative estimate of drug-likeness (QED) is 0.496. The van der Waals surface area contributed by atoms with Crippen molar-refractivity contribution in [3.8, 4) is 28.4 Å². The highest BCUT2D eigenvalue weighted by Crippen LogP contribution is 2.37. The van der Waals surface area contributed by atoms with Crippen molar-refractivity contribution in [1.82, 2.24) is 29.9 Å². The van der Waals surface area contributed by atoms with Crippen LogP contribution in [0, 0.1) is 0 Å². The second kappa shape index (κ2) is 7.38. The number of ether oxygens (including phenoxy) is 1. The van der Waals surface area contributed by atoms with Crippen LogP contribution in [0.4, 0.5) is 13.2 Å². The number of halogens is 4. The summed E-state index contributed by atoms with van der Waals surface area (Å²) < 4.78 is 47.0. The largest absolute Gasteiger partial charge is 0.493 e. The van der Waals surface area contributed by atoms with Gasteiger partial charge < -0.3 is 9.30 Å². The molecule has 7 nitrogen and oxygen atoms in total. The van der Waals surface area contributed by atoms with Gasteiger partial charge in [0.25, 0.3) is 0 Å². The number of rotatable bonds is 4. The van der Waals surface area contributed by atoms with Gasteiger partial charge in [-0.2, -0.15) is 28.6 Å². The van der Waals surface area contributed by atoms with Crippen molar-refractivity contribution < 1.29 is 17.9 Å². The third-order valence-corrected chi connectivity index (χ3v) is 5.27. The van der Waals surface area contributed by atoms with E-state index in [-0.39, 0.29) is 17.2 Å². The van der Waals surface area contributed by atoms with Crippen LogP contribution >= 0.6 is 11.6 Å². The Labute approximate surface area is 178 Å². The molecule has 1 atom stereocenters. The second-order valence-corrected chi connectivity index (χ2v) is 7.53. The van der Waals surface area contributed by atoms with E-state index in [2.05, 4.69) is 20.2 Å². The number of hydrogen-bond acceptors (Lipinski definition) is 5. The Bertz CT molecular complexity index is 1250. The predicted octanol–water partition coefficient (Wildman–Crippen LogP) is 4.58. The van der Waals surface area contributed by atoms with E-state index in [0.29, 0.717) is 29.6 Å². The van der Waals surface area contributed by atoms with Crippen molar-refractivity contribution in [2.75, 3.05) is 6.61 Å². The van der Waals surface area contributed by atoms with Crippen molar-refractivity contribution in [3.63, 3.8) is 0 Å². The molecular formula is C20H14ClF3N6O. The minimum Gasteiger partial charge on any atom is -0.493 e. The molecule has 31 heavy (non-hydrogen) atoms. The molecule has 0 radical (unpaired) electrons. The maximum absolute atomic E-state index is 13.1. The Balaban J connectivity index is 1.39. The van der Waals surface area contributed by atoms with E-state index in [1.165, 1.54) is 18.3 Å². The number of H-pyrrole nitrogens is 1. The first kappa shape index (κ1) is 19.6. The Morgan fingerprint density at radius 1 is 1.13 bits per heavy atom. The standard InChI is InChI=1S/C20H14ClF3N6O/c21-13-1-2-14-12(9-31-17(14)6-13)7-30-8-16(26-10-30)15-5-11(3-4-25-15)18-19(20(22,23)24)28-29-27-18/h1-6,8,10,12H,7,9H2,(H,27,28,29)/t12-/m1/s1. The zero-order chi connectivity index (χ0) is 21.6. The summed E-state index contributed by atoms with van der Waals surface area (Å²) >= 11 is 6.01. The lowest BCUT2D eigenvalue weighted by Crippen LogP contribution is -2.09. The number of nitrogens with one attached hydrogen (secondary N) is 1. The number of aromatic amines is 1. The number of alkyl halides is 3. The summed E-state index contributed by atoms with van der Waals surface area (Å²) in [5.41, 5.74) is 0.932. The highest BCUT2D eigenvalue weighted by Gasteiger charge is 2.38. The Morgan fingerprint density at radius 3 is 2.84 bits per heavy atom. The van der Waals surface area contributed by atoms with E-state index in [1.807, 2.05) is 21.9 Å². The molecule has 0 spiro atoms. The zero-order valence-corrected chi connectivity index (χ0v) is 16.5. The van der Waals surface area contributed by atoms with Crippen LogP contribution in [0.15, 0.2) is 49.1 Å². The molecule has 4 aromatic rings. The number of nitrogens with zero attached hydrogens (tertiary/aromatic N) is 5. The normalized spacial score (nSPS) is 15.7. The SMILES string of the molecule is FC(F)(F)c1n[nH]nc1-c1ccnc(-c2cn(C[C@@H]3COc4cc(Cl)ccc43)cn2)c1. The van der Waals surface area contributed by atoms with Gasteiger partial charge in [0, 0.05) is 41.0 Å². The summed E-state index contributed by atoms with van der Waals surface area (Å²) in [4.78, 5) is 8.61. The van der Waals surface area contributed by atoms with Crippen LogP contribution in [-0.4, -0.2) is 36.6 Å². The zero-order valence-electron chi connectivity index (χ0n) is 15.8. The predicted molar refractivity (Wildman–Crippen MR) is 106 cm³/mol. The fourth-order valence-electron chi connectivity index (χ4n) is 3.60. The summed E-state index contributed by atoms with van der Waals surface area (Å²) in [6, 6.07) is 8.54. The van der Waals surface area contributed by atoms with E-state index in [9.17, 15) is 13.2 Å². The fourth-order valence-corrected chi connectivity index (χ4v) is 3.76. The van der Waals surface area contributed by atoms with E-state index in [0.717, 1.165) is 11.3 Å². The van der Waals surface area contributed by atoms with Gasteiger partial charge in [-0.3, -0.25) is 4.98 Å². The van der Waals surface area contributed by atoms with Crippen LogP contribution in [0.1, 0.15) is 17.2 Å². The second-order valence-electron chi connectivity index (χ2n) is 7.09. The van der Waals surface area contributed by atoms with Gasteiger partial charge in [-0.15, -0.1) is 0 Å². The van der Waals surface area contributed by atoms with E-state index < -0.39 is 11.9 Å². The first-order chi connectivity index (χ1) is 14.9. The lowest BCUT2D eigenvalue weighted by molar-refractivity contribution is -0.140. The maximum atomic E-state index is 13.1. The number of aromatic nitrogens is 6. The molecule has 0 bridgehead atoms. The van der Waals surface area contributed by atoms with Gasteiger partial charge in [0.2, 0.25) is 0 Å². The average molecular weight is 447 g/mol. The molecule has 5 rings (SSSR count). The molecule has 0 unspecified atom stereocenters. The van der Waals surface area contributed by atoms with E-state index in [4.69, 9.17) is 16.3 Å². The number of benzene rings is 1. The smallest absolute Gasteiger partial charge is 0.437 e. The van der Waals surface area contributed by atoms with Gasteiger partial charge in [0.1, 0.15) is 17.1 Å². The summed E-state index contributed by atoms with van der Waals surface area (Å²) in [5.74, 6) is 0.915. The molecule has 0 saturated heterocycles. The molecule has 11 heteroatoms. The van der Waals surface area contributed by atoms with Crippen molar-refractivity contribution in [2.45, 2.75) is 18.6 Å². The molecule has 0 fully saturated rings. The lowest BCUT2D eigenvalue weighted by Gasteiger charge is -2.09. The van der Waals surface area contributed by atoms with Crippen LogP contribution in [0.5, 0.6) is 5.75 Å². The van der Waals surface area contributed by atoms with Crippen molar-refractivity contribution >= 4 is 11.6 Å². The first-order valence-electron chi connectivity index (χ1n) is 9.27. The van der Waals surface area contributed by atoms with Crippen molar-refractivity contribution in [3.05, 3.63) is 65.3 Å². The van der Waals surface area contributed by atoms with Crippen LogP contribution in [0.3, 0.4) is 0 Å². The molecule has 1 aliphatic heterocycles. The van der Waals surface area contributed by atoms with Crippen molar-refractivity contribution in [1.29, 1.82) is 0 Å². The Kier molecular flexibility index (Phi) is 4.66. The molecule has 1 aromatic carbocycles. The number of pyridine rings is 1. The van der Waals surface area contributed by atoms with Crippen LogP contribution in [0.25, 0.3) is 22.6 Å². The van der Waals surface area contributed by atoms with Crippen molar-refractivity contribution in [2.24, 2.45) is 0 Å². The average Bonchev–Trinajstić information content (AvgIpc) is 3.48. The highest BCUT2D eigenvalue weighted by molar-refractivity contribution is 6.30. The van der Waals surface area contributed by atoms with Crippen LogP contribution in [0.2, 0.25) is 5.02 Å².